The van der Waals surface area contributed by atoms with Crippen LogP contribution in [0.2, 0.25) is 0 Å². The number of hydrogen-bond donors (Lipinski definition) is 1. The van der Waals surface area contributed by atoms with E-state index in [-0.39, 0.29) is 24.1 Å². The molecule has 0 aliphatic heterocycles. The minimum Gasteiger partial charge on any atom is -0.448 e. The molecule has 0 fully saturated rings. The van der Waals surface area contributed by atoms with Crippen molar-refractivity contribution >= 4 is 33.4 Å². The molecule has 2 aromatic heterocycles. The third-order valence-corrected chi connectivity index (χ3v) is 4.75. The van der Waals surface area contributed by atoms with Gasteiger partial charge in [0.15, 0.2) is 16.5 Å². The largest absolute Gasteiger partial charge is 0.448 e. The number of aromatic nitrogens is 1. The number of furan rings is 1. The Hall–Kier alpha value is -2.67. The Kier molecular flexibility index (Phi) is 5.14. The van der Waals surface area contributed by atoms with Gasteiger partial charge in [-0.2, -0.15) is 0 Å². The lowest BCUT2D eigenvalue weighted by Gasteiger charge is -2.18. The first-order valence-corrected chi connectivity index (χ1v) is 8.95. The molecule has 0 radical (unpaired) electrons. The molecule has 6 nitrogen and oxygen atoms in total. The number of nitrogens with zero attached hydrogens (tertiary/aromatic N) is 2. The molecule has 1 N–H and O–H groups in total. The van der Waals surface area contributed by atoms with Crippen molar-refractivity contribution in [2.75, 3.05) is 19.6 Å². The number of hydrogen-bond acceptors (Lipinski definition) is 5. The third kappa shape index (κ3) is 3.71. The van der Waals surface area contributed by atoms with Gasteiger partial charge in [0, 0.05) is 13.1 Å². The van der Waals surface area contributed by atoms with Crippen molar-refractivity contribution in [2.45, 2.75) is 13.8 Å². The number of likely N-dealkylation sites (N-methyl/N-ethyl adjacent to an activating group) is 2. The Bertz CT molecular complexity index is 867. The number of thiazole rings is 1. The predicted molar refractivity (Wildman–Crippen MR) is 97.6 cm³/mol. The molecule has 0 saturated carbocycles. The van der Waals surface area contributed by atoms with Crippen LogP contribution < -0.4 is 5.32 Å². The number of nitrogens with one attached hydrogen (secondary N) is 1. The maximum Gasteiger partial charge on any atom is 0.290 e. The fourth-order valence-electron chi connectivity index (χ4n) is 2.45. The van der Waals surface area contributed by atoms with E-state index in [0.29, 0.717) is 18.8 Å². The quantitative estimate of drug-likeness (QED) is 0.735. The summed E-state index contributed by atoms with van der Waals surface area (Å²) in [6.07, 6.45) is 0. The minimum atomic E-state index is -0.305. The van der Waals surface area contributed by atoms with Crippen LogP contribution in [0, 0.1) is 0 Å². The zero-order valence-corrected chi connectivity index (χ0v) is 14.9. The van der Waals surface area contributed by atoms with E-state index >= 15 is 0 Å². The van der Waals surface area contributed by atoms with Crippen molar-refractivity contribution in [3.05, 3.63) is 42.2 Å². The van der Waals surface area contributed by atoms with Gasteiger partial charge in [-0.15, -0.1) is 11.3 Å². The minimum absolute atomic E-state index is 0.0142. The van der Waals surface area contributed by atoms with E-state index in [1.807, 2.05) is 38.1 Å². The first-order chi connectivity index (χ1) is 12.1. The summed E-state index contributed by atoms with van der Waals surface area (Å²) in [5.41, 5.74) is 0.901. The summed E-state index contributed by atoms with van der Waals surface area (Å²) >= 11 is 1.51. The molecule has 25 heavy (non-hydrogen) atoms. The first-order valence-electron chi connectivity index (χ1n) is 8.14. The fourth-order valence-corrected chi connectivity index (χ4v) is 3.38. The van der Waals surface area contributed by atoms with E-state index in [9.17, 15) is 9.59 Å². The fraction of sp³-hybridized carbons (Fsp3) is 0.278. The number of benzene rings is 1. The summed E-state index contributed by atoms with van der Waals surface area (Å²) in [7, 11) is 0. The number of para-hydroxylation sites is 1. The third-order valence-electron chi connectivity index (χ3n) is 3.70. The van der Waals surface area contributed by atoms with Gasteiger partial charge in [-0.25, -0.2) is 4.98 Å². The van der Waals surface area contributed by atoms with Gasteiger partial charge < -0.3 is 14.6 Å². The Labute approximate surface area is 149 Å². The standard InChI is InChI=1S/C18H19N3O3S/c1-3-19-16(22)11-21(4-2)18(23)14-10-9-13(24-14)17-20-12-7-5-6-8-15(12)25-17/h5-10H,3-4,11H2,1-2H3,(H,19,22). The molecule has 2 heterocycles. The van der Waals surface area contributed by atoms with E-state index in [0.717, 1.165) is 15.2 Å². The van der Waals surface area contributed by atoms with Crippen LogP contribution in [0.4, 0.5) is 0 Å². The maximum absolute atomic E-state index is 12.6. The summed E-state index contributed by atoms with van der Waals surface area (Å²) in [5.74, 6) is 0.274. The Balaban J connectivity index is 1.79. The molecule has 7 heteroatoms. The second-order valence-electron chi connectivity index (χ2n) is 5.42. The molecule has 3 rings (SSSR count). The summed E-state index contributed by atoms with van der Waals surface area (Å²) < 4.78 is 6.77. The lowest BCUT2D eigenvalue weighted by molar-refractivity contribution is -0.121. The molecule has 0 bridgehead atoms. The number of rotatable bonds is 6. The summed E-state index contributed by atoms with van der Waals surface area (Å²) in [6, 6.07) is 11.2. The van der Waals surface area contributed by atoms with Gasteiger partial charge in [-0.3, -0.25) is 9.59 Å². The molecular formula is C18H19N3O3S. The predicted octanol–water partition coefficient (Wildman–Crippen LogP) is 3.15. The highest BCUT2D eigenvalue weighted by Gasteiger charge is 2.21. The van der Waals surface area contributed by atoms with Crippen molar-refractivity contribution in [1.82, 2.24) is 15.2 Å². The van der Waals surface area contributed by atoms with Gasteiger partial charge in [-0.1, -0.05) is 12.1 Å². The Morgan fingerprint density at radius 2 is 2.00 bits per heavy atom. The summed E-state index contributed by atoms with van der Waals surface area (Å²) in [6.45, 7) is 4.64. The van der Waals surface area contributed by atoms with Crippen LogP contribution in [0.3, 0.4) is 0 Å². The van der Waals surface area contributed by atoms with Crippen LogP contribution in [-0.2, 0) is 4.79 Å². The number of fused-ring (bicyclic) bond motifs is 1. The lowest BCUT2D eigenvalue weighted by Crippen LogP contribution is -2.40. The average Bonchev–Trinajstić information content (AvgIpc) is 3.25. The molecular weight excluding hydrogens is 338 g/mol. The van der Waals surface area contributed by atoms with E-state index in [2.05, 4.69) is 10.3 Å². The number of amides is 2. The summed E-state index contributed by atoms with van der Waals surface area (Å²) in [5, 5.41) is 3.42. The smallest absolute Gasteiger partial charge is 0.290 e. The van der Waals surface area contributed by atoms with Crippen molar-refractivity contribution in [3.8, 4) is 10.8 Å². The molecule has 0 aliphatic carbocycles. The lowest BCUT2D eigenvalue weighted by atomic mass is 10.3. The molecule has 0 atom stereocenters. The number of carbonyl (C=O) groups excluding carboxylic acids is 2. The maximum atomic E-state index is 12.6. The van der Waals surface area contributed by atoms with Crippen molar-refractivity contribution in [2.24, 2.45) is 0 Å². The van der Waals surface area contributed by atoms with Gasteiger partial charge in [0.1, 0.15) is 0 Å². The zero-order valence-electron chi connectivity index (χ0n) is 14.1. The van der Waals surface area contributed by atoms with E-state index < -0.39 is 0 Å². The molecule has 3 aromatic rings. The highest BCUT2D eigenvalue weighted by molar-refractivity contribution is 7.21. The van der Waals surface area contributed by atoms with Crippen LogP contribution in [0.1, 0.15) is 24.4 Å². The van der Waals surface area contributed by atoms with Crippen molar-refractivity contribution in [3.63, 3.8) is 0 Å². The SMILES string of the molecule is CCNC(=O)CN(CC)C(=O)c1ccc(-c2nc3ccccc3s2)o1. The second kappa shape index (κ2) is 7.48. The first kappa shape index (κ1) is 17.2. The molecule has 2 amide bonds. The number of carbonyl (C=O) groups is 2. The molecule has 0 aliphatic rings. The van der Waals surface area contributed by atoms with Crippen molar-refractivity contribution in [1.29, 1.82) is 0 Å². The molecule has 1 aromatic carbocycles. The van der Waals surface area contributed by atoms with Crippen LogP contribution in [-0.4, -0.2) is 41.3 Å². The van der Waals surface area contributed by atoms with E-state index in [1.165, 1.54) is 16.2 Å². The van der Waals surface area contributed by atoms with Gasteiger partial charge in [0.05, 0.1) is 16.8 Å². The van der Waals surface area contributed by atoms with Gasteiger partial charge in [0.25, 0.3) is 5.91 Å². The molecule has 0 spiro atoms. The summed E-state index contributed by atoms with van der Waals surface area (Å²) in [4.78, 5) is 30.3. The zero-order chi connectivity index (χ0) is 17.8. The highest BCUT2D eigenvalue weighted by Crippen LogP contribution is 2.31. The van der Waals surface area contributed by atoms with Crippen LogP contribution in [0.25, 0.3) is 21.0 Å². The Morgan fingerprint density at radius 3 is 2.72 bits per heavy atom. The van der Waals surface area contributed by atoms with Crippen LogP contribution >= 0.6 is 11.3 Å². The van der Waals surface area contributed by atoms with Gasteiger partial charge >= 0.3 is 0 Å². The topological polar surface area (TPSA) is 75.4 Å². The van der Waals surface area contributed by atoms with Crippen molar-refractivity contribution < 1.29 is 14.0 Å². The molecule has 0 unspecified atom stereocenters. The van der Waals surface area contributed by atoms with Gasteiger partial charge in [0.2, 0.25) is 5.91 Å². The normalized spacial score (nSPS) is 10.8. The van der Waals surface area contributed by atoms with Gasteiger partial charge in [-0.05, 0) is 38.1 Å². The Morgan fingerprint density at radius 1 is 1.20 bits per heavy atom. The average molecular weight is 357 g/mol. The van der Waals surface area contributed by atoms with E-state index in [4.69, 9.17) is 4.42 Å². The highest BCUT2D eigenvalue weighted by atomic mass is 32.1. The second-order valence-corrected chi connectivity index (χ2v) is 6.45. The van der Waals surface area contributed by atoms with Crippen LogP contribution in [0.5, 0.6) is 0 Å². The molecule has 130 valence electrons. The van der Waals surface area contributed by atoms with Crippen LogP contribution in [0.15, 0.2) is 40.8 Å². The monoisotopic (exact) mass is 357 g/mol. The molecule has 0 saturated heterocycles. The van der Waals surface area contributed by atoms with E-state index in [1.54, 1.807) is 12.1 Å².